The molecule has 0 saturated heterocycles. The number of rotatable bonds is 9. The van der Waals surface area contributed by atoms with Gasteiger partial charge in [0.15, 0.2) is 0 Å². The second-order valence-corrected chi connectivity index (χ2v) is 5.92. The van der Waals surface area contributed by atoms with E-state index in [1.807, 2.05) is 0 Å². The molecular formula is C12H27NS. The molecule has 0 unspecified atom stereocenters. The predicted octanol–water partition coefficient (Wildman–Crippen LogP) is 3.40. The minimum Gasteiger partial charge on any atom is -0.316 e. The van der Waals surface area contributed by atoms with Crippen molar-refractivity contribution in [3.8, 4) is 0 Å². The molecule has 0 spiro atoms. The van der Waals surface area contributed by atoms with E-state index in [2.05, 4.69) is 44.8 Å². The summed E-state index contributed by atoms with van der Waals surface area (Å²) in [6.07, 6.45) is 2.69. The van der Waals surface area contributed by atoms with Crippen molar-refractivity contribution in [1.82, 2.24) is 5.32 Å². The standard InChI is InChI=1S/C12H27NS/c1-11(2)9-13-7-5-6-8-14-10-12(3)4/h11-13H,5-10H2,1-4H3. The van der Waals surface area contributed by atoms with E-state index in [-0.39, 0.29) is 0 Å². The van der Waals surface area contributed by atoms with Crippen LogP contribution in [-0.2, 0) is 0 Å². The molecule has 0 heterocycles. The van der Waals surface area contributed by atoms with E-state index in [9.17, 15) is 0 Å². The molecule has 0 aliphatic heterocycles. The van der Waals surface area contributed by atoms with Gasteiger partial charge in [0.05, 0.1) is 0 Å². The molecule has 0 aromatic carbocycles. The van der Waals surface area contributed by atoms with Crippen molar-refractivity contribution >= 4 is 11.8 Å². The summed E-state index contributed by atoms with van der Waals surface area (Å²) in [5, 5.41) is 3.48. The molecule has 0 fully saturated rings. The summed E-state index contributed by atoms with van der Waals surface area (Å²) < 4.78 is 0. The number of thioether (sulfide) groups is 1. The minimum absolute atomic E-state index is 0.783. The van der Waals surface area contributed by atoms with E-state index in [1.54, 1.807) is 0 Å². The molecule has 0 saturated carbocycles. The summed E-state index contributed by atoms with van der Waals surface area (Å²) in [5.41, 5.74) is 0. The van der Waals surface area contributed by atoms with Crippen LogP contribution >= 0.6 is 11.8 Å². The Kier molecular flexibility index (Phi) is 10.1. The Hall–Kier alpha value is 0.310. The maximum Gasteiger partial charge on any atom is -0.00258 e. The summed E-state index contributed by atoms with van der Waals surface area (Å²) in [5.74, 6) is 4.28. The predicted molar refractivity (Wildman–Crippen MR) is 69.1 cm³/mol. The van der Waals surface area contributed by atoms with E-state index in [0.717, 1.165) is 11.8 Å². The molecule has 0 aromatic heterocycles. The normalized spacial score (nSPS) is 11.6. The zero-order chi connectivity index (χ0) is 10.8. The first-order valence-corrected chi connectivity index (χ1v) is 7.07. The maximum absolute atomic E-state index is 3.48. The second-order valence-electron chi connectivity index (χ2n) is 4.77. The van der Waals surface area contributed by atoms with E-state index in [4.69, 9.17) is 0 Å². The van der Waals surface area contributed by atoms with Gasteiger partial charge in [-0.3, -0.25) is 0 Å². The Morgan fingerprint density at radius 1 is 1.00 bits per heavy atom. The van der Waals surface area contributed by atoms with Crippen LogP contribution in [0.1, 0.15) is 40.5 Å². The van der Waals surface area contributed by atoms with Crippen molar-refractivity contribution in [1.29, 1.82) is 0 Å². The molecule has 0 radical (unpaired) electrons. The van der Waals surface area contributed by atoms with Crippen LogP contribution in [0.4, 0.5) is 0 Å². The lowest BCUT2D eigenvalue weighted by Crippen LogP contribution is -2.20. The summed E-state index contributed by atoms with van der Waals surface area (Å²) in [7, 11) is 0. The summed E-state index contributed by atoms with van der Waals surface area (Å²) in [6, 6.07) is 0. The van der Waals surface area contributed by atoms with Gasteiger partial charge in [-0.1, -0.05) is 27.7 Å². The van der Waals surface area contributed by atoms with E-state index >= 15 is 0 Å². The molecule has 0 atom stereocenters. The van der Waals surface area contributed by atoms with Crippen molar-refractivity contribution in [2.75, 3.05) is 24.6 Å². The molecule has 0 aliphatic rings. The fourth-order valence-electron chi connectivity index (χ4n) is 1.16. The van der Waals surface area contributed by atoms with Gasteiger partial charge in [0.25, 0.3) is 0 Å². The van der Waals surface area contributed by atoms with E-state index in [1.165, 1.54) is 37.4 Å². The van der Waals surface area contributed by atoms with Gasteiger partial charge in [0.2, 0.25) is 0 Å². The van der Waals surface area contributed by atoms with Crippen molar-refractivity contribution in [3.05, 3.63) is 0 Å². The highest BCUT2D eigenvalue weighted by molar-refractivity contribution is 7.99. The lowest BCUT2D eigenvalue weighted by atomic mass is 10.2. The van der Waals surface area contributed by atoms with Gasteiger partial charge in [0.1, 0.15) is 0 Å². The molecular weight excluding hydrogens is 190 g/mol. The first-order valence-electron chi connectivity index (χ1n) is 5.91. The quantitative estimate of drug-likeness (QED) is 0.594. The van der Waals surface area contributed by atoms with Crippen LogP contribution < -0.4 is 5.32 Å². The van der Waals surface area contributed by atoms with Gasteiger partial charge in [-0.05, 0) is 49.3 Å². The Morgan fingerprint density at radius 2 is 1.71 bits per heavy atom. The topological polar surface area (TPSA) is 12.0 Å². The molecule has 0 amide bonds. The first-order chi connectivity index (χ1) is 6.63. The Bertz CT molecular complexity index is 98.9. The molecule has 1 N–H and O–H groups in total. The Balaban J connectivity index is 2.92. The number of hydrogen-bond acceptors (Lipinski definition) is 2. The highest BCUT2D eigenvalue weighted by Gasteiger charge is 1.95. The monoisotopic (exact) mass is 217 g/mol. The fourth-order valence-corrected chi connectivity index (χ4v) is 2.21. The van der Waals surface area contributed by atoms with Crippen LogP contribution in [0.5, 0.6) is 0 Å². The molecule has 2 heteroatoms. The highest BCUT2D eigenvalue weighted by atomic mass is 32.2. The van der Waals surface area contributed by atoms with Gasteiger partial charge in [0, 0.05) is 0 Å². The van der Waals surface area contributed by atoms with Crippen molar-refractivity contribution in [3.63, 3.8) is 0 Å². The average Bonchev–Trinajstić information content (AvgIpc) is 2.08. The summed E-state index contributed by atoms with van der Waals surface area (Å²) in [6.45, 7) is 11.4. The largest absolute Gasteiger partial charge is 0.316 e. The third kappa shape index (κ3) is 12.3. The summed E-state index contributed by atoms with van der Waals surface area (Å²) in [4.78, 5) is 0. The van der Waals surface area contributed by atoms with Crippen LogP contribution in [0.3, 0.4) is 0 Å². The highest BCUT2D eigenvalue weighted by Crippen LogP contribution is 2.09. The smallest absolute Gasteiger partial charge is 0.00258 e. The van der Waals surface area contributed by atoms with Crippen LogP contribution in [0, 0.1) is 11.8 Å². The maximum atomic E-state index is 3.48. The number of hydrogen-bond donors (Lipinski definition) is 1. The van der Waals surface area contributed by atoms with Crippen LogP contribution in [0.25, 0.3) is 0 Å². The van der Waals surface area contributed by atoms with Gasteiger partial charge < -0.3 is 5.32 Å². The first kappa shape index (κ1) is 14.3. The zero-order valence-electron chi connectivity index (χ0n) is 10.3. The lowest BCUT2D eigenvalue weighted by molar-refractivity contribution is 0.541. The summed E-state index contributed by atoms with van der Waals surface area (Å²) >= 11 is 2.10. The molecule has 14 heavy (non-hydrogen) atoms. The lowest BCUT2D eigenvalue weighted by Gasteiger charge is -2.07. The van der Waals surface area contributed by atoms with E-state index in [0.29, 0.717) is 0 Å². The van der Waals surface area contributed by atoms with Crippen LogP contribution in [-0.4, -0.2) is 24.6 Å². The molecule has 1 nitrogen and oxygen atoms in total. The molecule has 86 valence electrons. The molecule has 0 bridgehead atoms. The Labute approximate surface area is 94.4 Å². The van der Waals surface area contributed by atoms with Crippen molar-refractivity contribution in [2.24, 2.45) is 11.8 Å². The van der Waals surface area contributed by atoms with Gasteiger partial charge in [-0.15, -0.1) is 0 Å². The number of unbranched alkanes of at least 4 members (excludes halogenated alkanes) is 1. The third-order valence-electron chi connectivity index (χ3n) is 1.90. The second kappa shape index (κ2) is 9.85. The average molecular weight is 217 g/mol. The van der Waals surface area contributed by atoms with Crippen molar-refractivity contribution in [2.45, 2.75) is 40.5 Å². The molecule has 0 aromatic rings. The SMILES string of the molecule is CC(C)CNCCCCSCC(C)C. The van der Waals surface area contributed by atoms with E-state index < -0.39 is 0 Å². The van der Waals surface area contributed by atoms with Gasteiger partial charge in [-0.2, -0.15) is 11.8 Å². The van der Waals surface area contributed by atoms with Crippen LogP contribution in [0.2, 0.25) is 0 Å². The number of nitrogens with one attached hydrogen (secondary N) is 1. The Morgan fingerprint density at radius 3 is 2.29 bits per heavy atom. The third-order valence-corrected chi connectivity index (χ3v) is 3.38. The van der Waals surface area contributed by atoms with Crippen LogP contribution in [0.15, 0.2) is 0 Å². The fraction of sp³-hybridized carbons (Fsp3) is 1.00. The van der Waals surface area contributed by atoms with Crippen molar-refractivity contribution < 1.29 is 0 Å². The molecule has 0 aliphatic carbocycles. The van der Waals surface area contributed by atoms with Gasteiger partial charge in [-0.25, -0.2) is 0 Å². The molecule has 0 rings (SSSR count). The minimum atomic E-state index is 0.783. The van der Waals surface area contributed by atoms with Gasteiger partial charge >= 0.3 is 0 Å². The zero-order valence-corrected chi connectivity index (χ0v) is 11.1.